The number of piperidine rings is 1. The lowest BCUT2D eigenvalue weighted by Crippen LogP contribution is -2.42. The van der Waals surface area contributed by atoms with E-state index in [1.54, 1.807) is 25.1 Å². The minimum Gasteiger partial charge on any atom is -0.462 e. The van der Waals surface area contributed by atoms with Crippen LogP contribution in [0, 0.1) is 5.92 Å². The van der Waals surface area contributed by atoms with Crippen LogP contribution in [0.25, 0.3) is 10.2 Å². The molecule has 1 atom stereocenters. The molecule has 34 heavy (non-hydrogen) atoms. The van der Waals surface area contributed by atoms with Crippen molar-refractivity contribution in [2.75, 3.05) is 19.7 Å². The topological polar surface area (TPSA) is 98.0 Å². The second-order valence-corrected chi connectivity index (χ2v) is 12.6. The number of aromatic nitrogens is 1. The summed E-state index contributed by atoms with van der Waals surface area (Å²) in [5, 5.41) is 0. The average Bonchev–Trinajstić information content (AvgIpc) is 3.42. The highest BCUT2D eigenvalue weighted by atomic mass is 35.5. The van der Waals surface area contributed by atoms with Crippen molar-refractivity contribution in [1.82, 2.24) is 8.87 Å². The largest absolute Gasteiger partial charge is 0.462 e. The van der Waals surface area contributed by atoms with Crippen LogP contribution in [0.5, 0.6) is 0 Å². The molecule has 0 saturated carbocycles. The van der Waals surface area contributed by atoms with Crippen LogP contribution in [0.4, 0.5) is 0 Å². The third-order valence-electron chi connectivity index (χ3n) is 5.59. The van der Waals surface area contributed by atoms with Crippen molar-refractivity contribution in [3.8, 4) is 0 Å². The first-order chi connectivity index (χ1) is 16.2. The van der Waals surface area contributed by atoms with E-state index in [1.165, 1.54) is 21.7 Å². The van der Waals surface area contributed by atoms with E-state index in [9.17, 15) is 18.0 Å². The Morgan fingerprint density at radius 1 is 1.21 bits per heavy atom. The summed E-state index contributed by atoms with van der Waals surface area (Å²) in [4.78, 5) is 30.1. The standard InChI is InChI=1S/C22H24ClN3O5S3/c1-3-26-16-8-7-14(21(28)31-4-2)12-17(16)32-22(26)24-20(27)15-6-5-11-25(13-15)34(29,30)19-10-9-18(23)33-19/h7-10,12,15H,3-6,11,13H2,1-2H3. The van der Waals surface area contributed by atoms with Crippen LogP contribution in [0.15, 0.2) is 39.5 Å². The molecule has 1 saturated heterocycles. The fourth-order valence-corrected chi connectivity index (χ4v) is 8.22. The van der Waals surface area contributed by atoms with Crippen molar-refractivity contribution in [3.63, 3.8) is 0 Å². The maximum absolute atomic E-state index is 13.1. The van der Waals surface area contributed by atoms with E-state index in [1.807, 2.05) is 17.6 Å². The normalized spacial score (nSPS) is 17.9. The Kier molecular flexibility index (Phi) is 7.58. The van der Waals surface area contributed by atoms with Gasteiger partial charge in [-0.1, -0.05) is 22.9 Å². The van der Waals surface area contributed by atoms with Gasteiger partial charge in [0.05, 0.1) is 32.6 Å². The quantitative estimate of drug-likeness (QED) is 0.437. The molecule has 1 aliphatic rings. The average molecular weight is 542 g/mol. The van der Waals surface area contributed by atoms with Gasteiger partial charge in [0, 0.05) is 19.6 Å². The summed E-state index contributed by atoms with van der Waals surface area (Å²) in [5.74, 6) is -1.26. The molecule has 1 aliphatic heterocycles. The zero-order valence-electron chi connectivity index (χ0n) is 18.7. The molecule has 1 unspecified atom stereocenters. The maximum atomic E-state index is 13.1. The maximum Gasteiger partial charge on any atom is 0.338 e. The van der Waals surface area contributed by atoms with Gasteiger partial charge in [-0.15, -0.1) is 11.3 Å². The van der Waals surface area contributed by atoms with Crippen molar-refractivity contribution in [1.29, 1.82) is 0 Å². The summed E-state index contributed by atoms with van der Waals surface area (Å²) in [5.41, 5.74) is 1.31. The fraction of sp³-hybridized carbons (Fsp3) is 0.409. The van der Waals surface area contributed by atoms with E-state index in [2.05, 4.69) is 4.99 Å². The Morgan fingerprint density at radius 3 is 2.68 bits per heavy atom. The van der Waals surface area contributed by atoms with Crippen molar-refractivity contribution in [3.05, 3.63) is 45.0 Å². The highest BCUT2D eigenvalue weighted by Gasteiger charge is 2.34. The van der Waals surface area contributed by atoms with Crippen LogP contribution >= 0.6 is 34.3 Å². The monoisotopic (exact) mass is 541 g/mol. The van der Waals surface area contributed by atoms with Crippen molar-refractivity contribution in [2.45, 2.75) is 37.4 Å². The summed E-state index contributed by atoms with van der Waals surface area (Å²) in [6.07, 6.45) is 1.15. The van der Waals surface area contributed by atoms with Gasteiger partial charge in [0.2, 0.25) is 0 Å². The summed E-state index contributed by atoms with van der Waals surface area (Å²) >= 11 is 8.25. The second-order valence-electron chi connectivity index (χ2n) is 7.74. The number of carbonyl (C=O) groups excluding carboxylic acids is 2. The molecule has 0 N–H and O–H groups in total. The van der Waals surface area contributed by atoms with E-state index < -0.39 is 21.9 Å². The van der Waals surface area contributed by atoms with Gasteiger partial charge in [-0.05, 0) is 57.0 Å². The van der Waals surface area contributed by atoms with Gasteiger partial charge < -0.3 is 9.30 Å². The molecule has 182 valence electrons. The van der Waals surface area contributed by atoms with E-state index in [4.69, 9.17) is 16.3 Å². The number of thiazole rings is 1. The molecule has 0 radical (unpaired) electrons. The van der Waals surface area contributed by atoms with Gasteiger partial charge in [0.15, 0.2) is 4.80 Å². The molecule has 3 heterocycles. The van der Waals surface area contributed by atoms with Crippen LogP contribution in [-0.4, -0.2) is 48.9 Å². The number of amides is 1. The molecule has 8 nitrogen and oxygen atoms in total. The van der Waals surface area contributed by atoms with E-state index in [0.717, 1.165) is 21.6 Å². The molecule has 12 heteroatoms. The number of benzene rings is 1. The van der Waals surface area contributed by atoms with Gasteiger partial charge in [0.1, 0.15) is 4.21 Å². The minimum absolute atomic E-state index is 0.0875. The molecule has 1 fully saturated rings. The van der Waals surface area contributed by atoms with E-state index in [-0.39, 0.29) is 16.7 Å². The Morgan fingerprint density at radius 2 is 2.00 bits per heavy atom. The first-order valence-corrected chi connectivity index (χ1v) is 14.3. The Labute approximate surface area is 210 Å². The number of sulfonamides is 1. The number of fused-ring (bicyclic) bond motifs is 1. The first kappa shape index (κ1) is 25.1. The smallest absolute Gasteiger partial charge is 0.338 e. The molecule has 0 bridgehead atoms. The number of hydrogen-bond acceptors (Lipinski definition) is 7. The van der Waals surface area contributed by atoms with Crippen LogP contribution in [0.1, 0.15) is 37.0 Å². The number of hydrogen-bond donors (Lipinski definition) is 0. The first-order valence-electron chi connectivity index (χ1n) is 10.9. The number of rotatable bonds is 6. The molecule has 2 aromatic heterocycles. The van der Waals surface area contributed by atoms with Gasteiger partial charge in [-0.3, -0.25) is 4.79 Å². The van der Waals surface area contributed by atoms with Crippen LogP contribution in [-0.2, 0) is 26.1 Å². The molecule has 1 amide bonds. The highest BCUT2D eigenvalue weighted by Crippen LogP contribution is 2.31. The van der Waals surface area contributed by atoms with Gasteiger partial charge in [-0.25, -0.2) is 13.2 Å². The third kappa shape index (κ3) is 4.99. The summed E-state index contributed by atoms with van der Waals surface area (Å²) in [6.45, 7) is 5.03. The second kappa shape index (κ2) is 10.3. The van der Waals surface area contributed by atoms with Crippen LogP contribution in [0.3, 0.4) is 0 Å². The molecule has 3 aromatic rings. The molecule has 4 rings (SSSR count). The molecule has 1 aromatic carbocycles. The summed E-state index contributed by atoms with van der Waals surface area (Å²) in [6, 6.07) is 8.32. The lowest BCUT2D eigenvalue weighted by molar-refractivity contribution is -0.122. The van der Waals surface area contributed by atoms with Crippen LogP contribution in [0.2, 0.25) is 4.34 Å². The fourth-order valence-electron chi connectivity index (χ4n) is 3.92. The van der Waals surface area contributed by atoms with Crippen molar-refractivity contribution in [2.24, 2.45) is 10.9 Å². The molecular formula is C22H24ClN3O5S3. The summed E-state index contributed by atoms with van der Waals surface area (Å²) in [7, 11) is -3.70. The number of esters is 1. The molecule has 0 aliphatic carbocycles. The van der Waals surface area contributed by atoms with Crippen molar-refractivity contribution < 1.29 is 22.7 Å². The predicted octanol–water partition coefficient (Wildman–Crippen LogP) is 4.14. The number of nitrogens with zero attached hydrogens (tertiary/aromatic N) is 3. The zero-order chi connectivity index (χ0) is 24.5. The third-order valence-corrected chi connectivity index (χ3v) is 10.2. The Hall–Kier alpha value is -2.05. The predicted molar refractivity (Wildman–Crippen MR) is 133 cm³/mol. The van der Waals surface area contributed by atoms with Gasteiger partial charge in [0.25, 0.3) is 15.9 Å². The number of thiophene rings is 1. The van der Waals surface area contributed by atoms with Crippen LogP contribution < -0.4 is 4.80 Å². The van der Waals surface area contributed by atoms with E-state index >= 15 is 0 Å². The Balaban J connectivity index is 1.61. The minimum atomic E-state index is -3.70. The highest BCUT2D eigenvalue weighted by molar-refractivity contribution is 7.91. The number of aryl methyl sites for hydroxylation is 1. The summed E-state index contributed by atoms with van der Waals surface area (Å²) < 4.78 is 35.7. The Bertz CT molecular complexity index is 1410. The number of ether oxygens (including phenoxy) is 1. The zero-order valence-corrected chi connectivity index (χ0v) is 21.9. The molecule has 0 spiro atoms. The number of carbonyl (C=O) groups is 2. The molecular weight excluding hydrogens is 518 g/mol. The van der Waals surface area contributed by atoms with E-state index in [0.29, 0.717) is 47.2 Å². The van der Waals surface area contributed by atoms with Crippen molar-refractivity contribution >= 4 is 66.4 Å². The van der Waals surface area contributed by atoms with Gasteiger partial charge >= 0.3 is 5.97 Å². The SMILES string of the molecule is CCOC(=O)c1ccc2c(c1)sc(=NC(=O)C1CCCN(S(=O)(=O)c3ccc(Cl)s3)C1)n2CC. The van der Waals surface area contributed by atoms with Gasteiger partial charge in [-0.2, -0.15) is 9.30 Å². The number of halogens is 1. The lowest BCUT2D eigenvalue weighted by Gasteiger charge is -2.29. The lowest BCUT2D eigenvalue weighted by atomic mass is 9.99.